The summed E-state index contributed by atoms with van der Waals surface area (Å²) in [6, 6.07) is 3.06. The van der Waals surface area contributed by atoms with Crippen LogP contribution in [0.3, 0.4) is 0 Å². The highest BCUT2D eigenvalue weighted by Crippen LogP contribution is 2.00. The van der Waals surface area contributed by atoms with E-state index in [0.29, 0.717) is 5.56 Å². The first-order chi connectivity index (χ1) is 9.24. The molecule has 1 aromatic heterocycles. The highest BCUT2D eigenvalue weighted by atomic mass is 32.2. The van der Waals surface area contributed by atoms with E-state index in [2.05, 4.69) is 10.3 Å². The first kappa shape index (κ1) is 16.5. The second-order valence-corrected chi connectivity index (χ2v) is 6.89. The molecule has 0 aliphatic rings. The number of pyridine rings is 1. The fourth-order valence-electron chi connectivity index (χ4n) is 1.24. The van der Waals surface area contributed by atoms with Crippen molar-refractivity contribution in [2.45, 2.75) is 0 Å². The van der Waals surface area contributed by atoms with Crippen LogP contribution in [0.2, 0.25) is 0 Å². The van der Waals surface area contributed by atoms with E-state index >= 15 is 0 Å². The number of amides is 1. The van der Waals surface area contributed by atoms with Gasteiger partial charge < -0.3 is 11.1 Å². The van der Waals surface area contributed by atoms with Crippen molar-refractivity contribution in [3.05, 3.63) is 29.6 Å². The Morgan fingerprint density at radius 1 is 1.45 bits per heavy atom. The van der Waals surface area contributed by atoms with E-state index in [1.807, 2.05) is 0 Å². The van der Waals surface area contributed by atoms with Gasteiger partial charge in [-0.3, -0.25) is 9.78 Å². The van der Waals surface area contributed by atoms with Crippen molar-refractivity contribution in [2.24, 2.45) is 5.73 Å². The zero-order valence-electron chi connectivity index (χ0n) is 11.2. The number of hydrogen-bond donors (Lipinski definition) is 2. The maximum absolute atomic E-state index is 11.7. The number of nitrogens with two attached hydrogens (primary N) is 1. The minimum absolute atomic E-state index is 0.0120. The molecular weight excluding hydrogens is 300 g/mol. The van der Waals surface area contributed by atoms with Gasteiger partial charge in [-0.15, -0.1) is 0 Å². The molecule has 0 aliphatic carbocycles. The van der Waals surface area contributed by atoms with Crippen molar-refractivity contribution in [3.63, 3.8) is 0 Å². The van der Waals surface area contributed by atoms with E-state index in [4.69, 9.17) is 18.0 Å². The summed E-state index contributed by atoms with van der Waals surface area (Å²) in [6.45, 7) is 0.0120. The molecule has 20 heavy (non-hydrogen) atoms. The lowest BCUT2D eigenvalue weighted by Crippen LogP contribution is -2.34. The van der Waals surface area contributed by atoms with Gasteiger partial charge in [0.1, 0.15) is 10.7 Å². The molecule has 1 heterocycles. The second kappa shape index (κ2) is 6.73. The Morgan fingerprint density at radius 2 is 2.10 bits per heavy atom. The number of thiocarbonyl (C=S) groups is 1. The van der Waals surface area contributed by atoms with Crippen LogP contribution in [-0.4, -0.2) is 55.0 Å². The van der Waals surface area contributed by atoms with E-state index < -0.39 is 15.9 Å². The first-order valence-corrected chi connectivity index (χ1v) is 7.70. The number of carbonyl (C=O) groups is 1. The molecule has 0 saturated heterocycles. The molecule has 0 radical (unpaired) electrons. The lowest BCUT2D eigenvalue weighted by Gasteiger charge is -2.11. The Labute approximate surface area is 123 Å². The van der Waals surface area contributed by atoms with Gasteiger partial charge in [0.05, 0.1) is 5.75 Å². The van der Waals surface area contributed by atoms with Gasteiger partial charge in [0.2, 0.25) is 10.0 Å². The number of nitrogens with one attached hydrogen (secondary N) is 1. The summed E-state index contributed by atoms with van der Waals surface area (Å²) in [6.07, 6.45) is 1.40. The lowest BCUT2D eigenvalue weighted by molar-refractivity contribution is 0.0951. The Balaban J connectivity index is 2.58. The Hall–Kier alpha value is -1.58. The Morgan fingerprint density at radius 3 is 2.55 bits per heavy atom. The van der Waals surface area contributed by atoms with Gasteiger partial charge in [0, 0.05) is 32.4 Å². The molecule has 0 aliphatic heterocycles. The molecule has 0 aromatic carbocycles. The molecule has 0 spiro atoms. The van der Waals surface area contributed by atoms with Crippen molar-refractivity contribution < 1.29 is 13.2 Å². The van der Waals surface area contributed by atoms with Crippen molar-refractivity contribution >= 4 is 33.1 Å². The van der Waals surface area contributed by atoms with Crippen LogP contribution in [0, 0.1) is 0 Å². The highest BCUT2D eigenvalue weighted by molar-refractivity contribution is 7.89. The summed E-state index contributed by atoms with van der Waals surface area (Å²) in [5.74, 6) is -0.620. The van der Waals surface area contributed by atoms with Crippen LogP contribution < -0.4 is 11.1 Å². The van der Waals surface area contributed by atoms with Crippen molar-refractivity contribution in [2.75, 3.05) is 26.4 Å². The standard InChI is InChI=1S/C11H16N4O3S2/c1-15(2)20(17,18)6-5-13-11(16)9-4-3-8(7-14-9)10(12)19/h3-4,7H,5-6H2,1-2H3,(H2,12,19)(H,13,16). The highest BCUT2D eigenvalue weighted by Gasteiger charge is 2.14. The van der Waals surface area contributed by atoms with Crippen molar-refractivity contribution in [1.82, 2.24) is 14.6 Å². The Kier molecular flexibility index (Phi) is 5.54. The molecule has 1 rings (SSSR count). The lowest BCUT2D eigenvalue weighted by atomic mass is 10.2. The SMILES string of the molecule is CN(C)S(=O)(=O)CCNC(=O)c1ccc(C(N)=S)cn1. The molecule has 3 N–H and O–H groups in total. The fraction of sp³-hybridized carbons (Fsp3) is 0.364. The largest absolute Gasteiger partial charge is 0.389 e. The number of sulfonamides is 1. The van der Waals surface area contributed by atoms with Crippen LogP contribution in [0.4, 0.5) is 0 Å². The van der Waals surface area contributed by atoms with E-state index in [1.165, 1.54) is 26.4 Å². The van der Waals surface area contributed by atoms with Gasteiger partial charge in [0.25, 0.3) is 5.91 Å². The van der Waals surface area contributed by atoms with Gasteiger partial charge in [-0.05, 0) is 12.1 Å². The minimum Gasteiger partial charge on any atom is -0.389 e. The third-order valence-corrected chi connectivity index (χ3v) is 4.55. The summed E-state index contributed by atoms with van der Waals surface area (Å²) >= 11 is 4.77. The topological polar surface area (TPSA) is 105 Å². The molecule has 0 fully saturated rings. The van der Waals surface area contributed by atoms with Gasteiger partial charge in [-0.25, -0.2) is 12.7 Å². The van der Waals surface area contributed by atoms with Crippen LogP contribution in [0.25, 0.3) is 0 Å². The molecule has 9 heteroatoms. The normalized spacial score (nSPS) is 11.3. The molecule has 0 unspecified atom stereocenters. The first-order valence-electron chi connectivity index (χ1n) is 5.68. The van der Waals surface area contributed by atoms with Crippen LogP contribution in [-0.2, 0) is 10.0 Å². The van der Waals surface area contributed by atoms with E-state index in [0.717, 1.165) is 4.31 Å². The molecule has 7 nitrogen and oxygen atoms in total. The molecule has 1 aromatic rings. The van der Waals surface area contributed by atoms with E-state index in [9.17, 15) is 13.2 Å². The quantitative estimate of drug-likeness (QED) is 0.675. The van der Waals surface area contributed by atoms with Crippen LogP contribution >= 0.6 is 12.2 Å². The summed E-state index contributed by atoms with van der Waals surface area (Å²) in [4.78, 5) is 15.8. The molecule has 110 valence electrons. The third kappa shape index (κ3) is 4.51. The predicted octanol–water partition coefficient (Wildman–Crippen LogP) is -0.663. The van der Waals surface area contributed by atoms with Crippen LogP contribution in [0.15, 0.2) is 18.3 Å². The van der Waals surface area contributed by atoms with E-state index in [1.54, 1.807) is 6.07 Å². The maximum Gasteiger partial charge on any atom is 0.269 e. The molecular formula is C11H16N4O3S2. The average Bonchev–Trinajstić information content (AvgIpc) is 2.38. The number of nitrogens with zero attached hydrogens (tertiary/aromatic N) is 2. The molecule has 0 saturated carbocycles. The maximum atomic E-state index is 11.7. The van der Waals surface area contributed by atoms with Crippen molar-refractivity contribution in [1.29, 1.82) is 0 Å². The number of rotatable bonds is 6. The number of hydrogen-bond acceptors (Lipinski definition) is 5. The van der Waals surface area contributed by atoms with Gasteiger partial charge in [-0.2, -0.15) is 0 Å². The molecule has 0 atom stereocenters. The van der Waals surface area contributed by atoms with Gasteiger partial charge >= 0.3 is 0 Å². The van der Waals surface area contributed by atoms with Gasteiger partial charge in [-0.1, -0.05) is 12.2 Å². The molecule has 0 bridgehead atoms. The fourth-order valence-corrected chi connectivity index (χ4v) is 2.09. The average molecular weight is 316 g/mol. The van der Waals surface area contributed by atoms with Gasteiger partial charge in [0.15, 0.2) is 0 Å². The molecule has 1 amide bonds. The van der Waals surface area contributed by atoms with Crippen LogP contribution in [0.1, 0.15) is 16.1 Å². The smallest absolute Gasteiger partial charge is 0.269 e. The zero-order chi connectivity index (χ0) is 15.3. The minimum atomic E-state index is -3.33. The van der Waals surface area contributed by atoms with Crippen molar-refractivity contribution in [3.8, 4) is 0 Å². The van der Waals surface area contributed by atoms with Crippen LogP contribution in [0.5, 0.6) is 0 Å². The summed E-state index contributed by atoms with van der Waals surface area (Å²) < 4.78 is 24.1. The number of carbonyl (C=O) groups excluding carboxylic acids is 1. The summed E-state index contributed by atoms with van der Waals surface area (Å²) in [5, 5.41) is 2.49. The Bertz CT molecular complexity index is 597. The monoisotopic (exact) mass is 316 g/mol. The second-order valence-electron chi connectivity index (χ2n) is 4.15. The third-order valence-electron chi connectivity index (χ3n) is 2.48. The summed E-state index contributed by atoms with van der Waals surface area (Å²) in [5.41, 5.74) is 6.15. The zero-order valence-corrected chi connectivity index (χ0v) is 12.8. The summed E-state index contributed by atoms with van der Waals surface area (Å²) in [7, 11) is -0.454. The predicted molar refractivity (Wildman–Crippen MR) is 79.9 cm³/mol. The van der Waals surface area contributed by atoms with E-state index in [-0.39, 0.29) is 23.0 Å². The number of aromatic nitrogens is 1.